The van der Waals surface area contributed by atoms with Gasteiger partial charge in [0.15, 0.2) is 0 Å². The van der Waals surface area contributed by atoms with E-state index in [1.165, 1.54) is 0 Å². The van der Waals surface area contributed by atoms with Gasteiger partial charge in [0.1, 0.15) is 5.60 Å². The molecule has 0 heterocycles. The van der Waals surface area contributed by atoms with Crippen LogP contribution in [0.2, 0.25) is 0 Å². The molecule has 1 aliphatic carbocycles. The average Bonchev–Trinajstić information content (AvgIpc) is 2.52. The molecule has 0 spiro atoms. The summed E-state index contributed by atoms with van der Waals surface area (Å²) in [4.78, 5) is 29.2. The Morgan fingerprint density at radius 2 is 2.00 bits per heavy atom. The summed E-state index contributed by atoms with van der Waals surface area (Å²) in [7, 11) is 1.55. The lowest BCUT2D eigenvalue weighted by Gasteiger charge is -2.31. The molecule has 1 aliphatic rings. The monoisotopic (exact) mass is 347 g/mol. The Kier molecular flexibility index (Phi) is 6.22. The fraction of sp³-hybridized carbons (Fsp3) is 0.600. The van der Waals surface area contributed by atoms with Crippen molar-refractivity contribution < 1.29 is 19.2 Å². The number of hydrogen-bond donors (Lipinski definition) is 1. The lowest BCUT2D eigenvalue weighted by atomic mass is 9.83. The van der Waals surface area contributed by atoms with Crippen LogP contribution in [0.4, 0.5) is 0 Å². The van der Waals surface area contributed by atoms with E-state index < -0.39 is 11.6 Å². The molecule has 5 nitrogen and oxygen atoms in total. The van der Waals surface area contributed by atoms with Crippen molar-refractivity contribution in [2.45, 2.75) is 59.0 Å². The Balaban J connectivity index is 2.03. The number of carbonyl (C=O) groups excluding carboxylic acids is 2. The molecule has 0 radical (unpaired) electrons. The van der Waals surface area contributed by atoms with Crippen molar-refractivity contribution in [3.05, 3.63) is 34.9 Å². The zero-order valence-electron chi connectivity index (χ0n) is 15.8. The van der Waals surface area contributed by atoms with E-state index in [1.54, 1.807) is 13.1 Å². The SMILES string of the molecule is CNOC(=O)c1ccc2c(c1)CCC(C(=O)OC(C)(C)CC(C)C)C2. The van der Waals surface area contributed by atoms with E-state index in [1.807, 2.05) is 26.0 Å². The van der Waals surface area contributed by atoms with Gasteiger partial charge in [-0.25, -0.2) is 4.79 Å². The molecule has 0 aliphatic heterocycles. The normalized spacial score (nSPS) is 17.1. The number of ether oxygens (including phenoxy) is 1. The highest BCUT2D eigenvalue weighted by Gasteiger charge is 2.31. The standard InChI is InChI=1S/C20H29NO4/c1-13(2)12-20(3,4)24-18(22)16-8-6-15-11-17(19(23)25-21-5)9-7-14(15)10-16/h7,9,11,13,16,21H,6,8,10,12H2,1-5H3. The van der Waals surface area contributed by atoms with Crippen molar-refractivity contribution >= 4 is 11.9 Å². The summed E-state index contributed by atoms with van der Waals surface area (Å²) >= 11 is 0. The molecule has 1 unspecified atom stereocenters. The predicted molar refractivity (Wildman–Crippen MR) is 96.1 cm³/mol. The first-order valence-corrected chi connectivity index (χ1v) is 8.94. The summed E-state index contributed by atoms with van der Waals surface area (Å²) in [6.45, 7) is 8.20. The maximum absolute atomic E-state index is 12.6. The van der Waals surface area contributed by atoms with Crippen LogP contribution in [0.5, 0.6) is 0 Å². The number of benzene rings is 1. The summed E-state index contributed by atoms with van der Waals surface area (Å²) in [5.41, 5.74) is 4.69. The molecule has 0 bridgehead atoms. The summed E-state index contributed by atoms with van der Waals surface area (Å²) < 4.78 is 5.78. The second kappa shape index (κ2) is 8.00. The van der Waals surface area contributed by atoms with Gasteiger partial charge in [-0.3, -0.25) is 4.79 Å². The summed E-state index contributed by atoms with van der Waals surface area (Å²) in [5, 5.41) is 0. The van der Waals surface area contributed by atoms with Gasteiger partial charge in [0.2, 0.25) is 0 Å². The Bertz CT molecular complexity index is 637. The van der Waals surface area contributed by atoms with Gasteiger partial charge >= 0.3 is 11.9 Å². The van der Waals surface area contributed by atoms with E-state index in [9.17, 15) is 9.59 Å². The van der Waals surface area contributed by atoms with Gasteiger partial charge in [0.25, 0.3) is 0 Å². The quantitative estimate of drug-likeness (QED) is 0.631. The van der Waals surface area contributed by atoms with Crippen LogP contribution in [0.15, 0.2) is 18.2 Å². The first kappa shape index (κ1) is 19.4. The van der Waals surface area contributed by atoms with E-state index >= 15 is 0 Å². The largest absolute Gasteiger partial charge is 0.459 e. The molecule has 25 heavy (non-hydrogen) atoms. The zero-order chi connectivity index (χ0) is 18.6. The number of hydrogen-bond acceptors (Lipinski definition) is 5. The average molecular weight is 347 g/mol. The molecule has 0 saturated carbocycles. The second-order valence-corrected chi connectivity index (χ2v) is 7.80. The third-order valence-electron chi connectivity index (χ3n) is 4.48. The molecule has 5 heteroatoms. The predicted octanol–water partition coefficient (Wildman–Crippen LogP) is 3.45. The fourth-order valence-corrected chi connectivity index (χ4v) is 3.62. The lowest BCUT2D eigenvalue weighted by molar-refractivity contribution is -0.163. The Hall–Kier alpha value is -1.88. The smallest absolute Gasteiger partial charge is 0.356 e. The number of fused-ring (bicyclic) bond motifs is 1. The highest BCUT2D eigenvalue weighted by Crippen LogP contribution is 2.30. The van der Waals surface area contributed by atoms with Crippen molar-refractivity contribution in [1.82, 2.24) is 5.48 Å². The van der Waals surface area contributed by atoms with Gasteiger partial charge in [0, 0.05) is 7.05 Å². The molecule has 1 aromatic rings. The van der Waals surface area contributed by atoms with Crippen molar-refractivity contribution in [3.8, 4) is 0 Å². The summed E-state index contributed by atoms with van der Waals surface area (Å²) in [5.74, 6) is -0.156. The molecular weight excluding hydrogens is 318 g/mol. The highest BCUT2D eigenvalue weighted by molar-refractivity contribution is 5.89. The minimum atomic E-state index is -0.438. The van der Waals surface area contributed by atoms with Crippen molar-refractivity contribution in [3.63, 3.8) is 0 Å². The van der Waals surface area contributed by atoms with E-state index in [-0.39, 0.29) is 11.9 Å². The maximum Gasteiger partial charge on any atom is 0.356 e. The molecule has 1 atom stereocenters. The van der Waals surface area contributed by atoms with E-state index in [4.69, 9.17) is 9.57 Å². The van der Waals surface area contributed by atoms with Crippen LogP contribution in [0.3, 0.4) is 0 Å². The van der Waals surface area contributed by atoms with Crippen LogP contribution in [-0.4, -0.2) is 24.6 Å². The second-order valence-electron chi connectivity index (χ2n) is 7.80. The Labute approximate surface area is 150 Å². The number of aryl methyl sites for hydroxylation is 1. The van der Waals surface area contributed by atoms with E-state index in [2.05, 4.69) is 19.3 Å². The first-order chi connectivity index (χ1) is 11.7. The van der Waals surface area contributed by atoms with Crippen molar-refractivity contribution in [2.24, 2.45) is 11.8 Å². The molecule has 0 aromatic heterocycles. The Morgan fingerprint density at radius 1 is 1.28 bits per heavy atom. The topological polar surface area (TPSA) is 64.6 Å². The van der Waals surface area contributed by atoms with Crippen LogP contribution in [0.1, 0.15) is 62.0 Å². The van der Waals surface area contributed by atoms with Gasteiger partial charge in [-0.2, -0.15) is 5.48 Å². The number of carbonyl (C=O) groups is 2. The number of esters is 1. The molecule has 1 N–H and O–H groups in total. The maximum atomic E-state index is 12.6. The molecular formula is C20H29NO4. The van der Waals surface area contributed by atoms with Crippen LogP contribution >= 0.6 is 0 Å². The third kappa shape index (κ3) is 5.30. The van der Waals surface area contributed by atoms with E-state index in [0.29, 0.717) is 17.9 Å². The molecule has 138 valence electrons. The molecule has 0 amide bonds. The molecule has 0 saturated heterocycles. The molecule has 2 rings (SSSR count). The van der Waals surface area contributed by atoms with Crippen LogP contribution < -0.4 is 5.48 Å². The number of nitrogens with one attached hydrogen (secondary N) is 1. The van der Waals surface area contributed by atoms with Crippen LogP contribution in [-0.2, 0) is 27.2 Å². The minimum Gasteiger partial charge on any atom is -0.459 e. The summed E-state index contributed by atoms with van der Waals surface area (Å²) in [6, 6.07) is 5.52. The zero-order valence-corrected chi connectivity index (χ0v) is 15.8. The van der Waals surface area contributed by atoms with Gasteiger partial charge in [-0.1, -0.05) is 19.9 Å². The third-order valence-corrected chi connectivity index (χ3v) is 4.48. The highest BCUT2D eigenvalue weighted by atomic mass is 16.7. The minimum absolute atomic E-state index is 0.116. The molecule has 0 fully saturated rings. The molecule has 1 aromatic carbocycles. The Morgan fingerprint density at radius 3 is 2.64 bits per heavy atom. The van der Waals surface area contributed by atoms with Crippen molar-refractivity contribution in [2.75, 3.05) is 7.05 Å². The van der Waals surface area contributed by atoms with Gasteiger partial charge in [0.05, 0.1) is 11.5 Å². The van der Waals surface area contributed by atoms with Gasteiger partial charge in [-0.15, -0.1) is 0 Å². The fourth-order valence-electron chi connectivity index (χ4n) is 3.62. The van der Waals surface area contributed by atoms with Crippen LogP contribution in [0.25, 0.3) is 0 Å². The van der Waals surface area contributed by atoms with Gasteiger partial charge < -0.3 is 9.57 Å². The van der Waals surface area contributed by atoms with Gasteiger partial charge in [-0.05, 0) is 68.7 Å². The number of rotatable bonds is 6. The van der Waals surface area contributed by atoms with E-state index in [0.717, 1.165) is 30.4 Å². The van der Waals surface area contributed by atoms with Crippen LogP contribution in [0, 0.1) is 11.8 Å². The summed E-state index contributed by atoms with van der Waals surface area (Å²) in [6.07, 6.45) is 3.01. The lowest BCUT2D eigenvalue weighted by Crippen LogP contribution is -2.34. The van der Waals surface area contributed by atoms with Crippen molar-refractivity contribution in [1.29, 1.82) is 0 Å². The first-order valence-electron chi connectivity index (χ1n) is 8.94. The number of hydroxylamine groups is 1.